The Bertz CT molecular complexity index is 571. The highest BCUT2D eigenvalue weighted by atomic mass is 79.9. The summed E-state index contributed by atoms with van der Waals surface area (Å²) in [6.45, 7) is 7.04. The van der Waals surface area contributed by atoms with Gasteiger partial charge in [0, 0.05) is 17.1 Å². The summed E-state index contributed by atoms with van der Waals surface area (Å²) in [5, 5.41) is 6.95. The monoisotopic (exact) mass is 341 g/mol. The molecule has 1 amide bonds. The molecule has 0 aliphatic heterocycles. The largest absolute Gasteiger partial charge is 0.334 e. The van der Waals surface area contributed by atoms with Crippen molar-refractivity contribution in [1.29, 1.82) is 0 Å². The summed E-state index contributed by atoms with van der Waals surface area (Å²) in [7, 11) is 0. The lowest BCUT2D eigenvalue weighted by Gasteiger charge is -2.20. The molecular formula is C13H16BrN3OS. The second kappa shape index (κ2) is 5.88. The Morgan fingerprint density at radius 2 is 2.21 bits per heavy atom. The van der Waals surface area contributed by atoms with Crippen molar-refractivity contribution in [1.82, 2.24) is 15.1 Å². The molecule has 0 unspecified atom stereocenters. The molecule has 2 aromatic heterocycles. The highest BCUT2D eigenvalue weighted by Gasteiger charge is 2.21. The van der Waals surface area contributed by atoms with Crippen LogP contribution in [0.1, 0.15) is 33.5 Å². The van der Waals surface area contributed by atoms with E-state index in [0.717, 1.165) is 15.2 Å². The molecule has 0 aliphatic carbocycles. The van der Waals surface area contributed by atoms with Crippen molar-refractivity contribution in [3.63, 3.8) is 0 Å². The van der Waals surface area contributed by atoms with Gasteiger partial charge in [0.25, 0.3) is 5.91 Å². The Morgan fingerprint density at radius 1 is 1.47 bits per heavy atom. The third kappa shape index (κ3) is 3.06. The second-order valence-electron chi connectivity index (χ2n) is 4.33. The van der Waals surface area contributed by atoms with Crippen molar-refractivity contribution in [3.05, 3.63) is 37.7 Å². The van der Waals surface area contributed by atoms with Crippen molar-refractivity contribution in [2.45, 2.75) is 27.3 Å². The number of hydrogen-bond acceptors (Lipinski definition) is 3. The van der Waals surface area contributed by atoms with E-state index in [9.17, 15) is 4.79 Å². The maximum atomic E-state index is 12.5. The zero-order valence-electron chi connectivity index (χ0n) is 11.2. The molecule has 2 rings (SSSR count). The summed E-state index contributed by atoms with van der Waals surface area (Å²) in [5.41, 5.74) is 2.28. The van der Waals surface area contributed by atoms with E-state index in [-0.39, 0.29) is 5.91 Å². The second-order valence-corrected chi connectivity index (χ2v) is 6.88. The number of nitrogens with zero attached hydrogens (tertiary/aromatic N) is 2. The van der Waals surface area contributed by atoms with Gasteiger partial charge in [-0.05, 0) is 48.8 Å². The van der Waals surface area contributed by atoms with Gasteiger partial charge in [0.15, 0.2) is 0 Å². The number of carbonyl (C=O) groups is 1. The lowest BCUT2D eigenvalue weighted by Crippen LogP contribution is -2.30. The number of halogens is 1. The zero-order valence-corrected chi connectivity index (χ0v) is 13.6. The summed E-state index contributed by atoms with van der Waals surface area (Å²) in [5.74, 6) is 0.0378. The van der Waals surface area contributed by atoms with E-state index in [1.54, 1.807) is 11.3 Å². The topological polar surface area (TPSA) is 49.0 Å². The first-order chi connectivity index (χ1) is 9.02. The average molecular weight is 342 g/mol. The number of aromatic nitrogens is 2. The lowest BCUT2D eigenvalue weighted by atomic mass is 10.1. The molecule has 0 radical (unpaired) electrons. The summed E-state index contributed by atoms with van der Waals surface area (Å²) in [4.78, 5) is 15.6. The molecule has 2 aromatic rings. The first-order valence-corrected chi connectivity index (χ1v) is 7.69. The normalized spacial score (nSPS) is 10.7. The highest BCUT2D eigenvalue weighted by molar-refractivity contribution is 9.11. The molecule has 1 N–H and O–H groups in total. The van der Waals surface area contributed by atoms with E-state index in [4.69, 9.17) is 0 Å². The Kier molecular flexibility index (Phi) is 4.42. The van der Waals surface area contributed by atoms with Crippen LogP contribution < -0.4 is 0 Å². The van der Waals surface area contributed by atoms with E-state index in [0.29, 0.717) is 18.7 Å². The fourth-order valence-electron chi connectivity index (χ4n) is 1.98. The average Bonchev–Trinajstić information content (AvgIpc) is 2.92. The maximum Gasteiger partial charge on any atom is 0.257 e. The van der Waals surface area contributed by atoms with Gasteiger partial charge in [-0.2, -0.15) is 5.10 Å². The van der Waals surface area contributed by atoms with Gasteiger partial charge >= 0.3 is 0 Å². The molecule has 4 nitrogen and oxygen atoms in total. The predicted octanol–water partition coefficient (Wildman–Crippen LogP) is 3.51. The van der Waals surface area contributed by atoms with Crippen molar-refractivity contribution >= 4 is 33.2 Å². The van der Waals surface area contributed by atoms with Crippen LogP contribution >= 0.6 is 27.3 Å². The number of nitrogens with one attached hydrogen (secondary N) is 1. The fourth-order valence-corrected chi connectivity index (χ4v) is 3.48. The van der Waals surface area contributed by atoms with Gasteiger partial charge in [0.1, 0.15) is 0 Å². The Hall–Kier alpha value is -1.14. The molecule has 2 heterocycles. The van der Waals surface area contributed by atoms with Crippen LogP contribution in [0, 0.1) is 13.8 Å². The Balaban J connectivity index is 2.20. The molecule has 102 valence electrons. The van der Waals surface area contributed by atoms with Crippen LogP contribution in [0.4, 0.5) is 0 Å². The Morgan fingerprint density at radius 3 is 2.68 bits per heavy atom. The molecule has 0 atom stereocenters. The zero-order chi connectivity index (χ0) is 14.0. The van der Waals surface area contributed by atoms with Crippen LogP contribution in [0.2, 0.25) is 0 Å². The number of carbonyl (C=O) groups excluding carboxylic acids is 1. The molecule has 0 aliphatic rings. The van der Waals surface area contributed by atoms with Gasteiger partial charge in [-0.15, -0.1) is 11.3 Å². The number of amides is 1. The first-order valence-electron chi connectivity index (χ1n) is 6.08. The summed E-state index contributed by atoms with van der Waals surface area (Å²) in [6.07, 6.45) is 0. The van der Waals surface area contributed by atoms with Crippen LogP contribution in [0.15, 0.2) is 15.9 Å². The number of aryl methyl sites for hydroxylation is 2. The number of aromatic amines is 1. The minimum absolute atomic E-state index is 0.0378. The third-order valence-electron chi connectivity index (χ3n) is 2.99. The van der Waals surface area contributed by atoms with Gasteiger partial charge in [-0.1, -0.05) is 0 Å². The number of rotatable bonds is 4. The molecule has 0 saturated carbocycles. The van der Waals surface area contributed by atoms with Crippen LogP contribution in [-0.2, 0) is 6.54 Å². The molecule has 0 fully saturated rings. The van der Waals surface area contributed by atoms with Crippen LogP contribution in [0.3, 0.4) is 0 Å². The first kappa shape index (κ1) is 14.3. The molecule has 6 heteroatoms. The van der Waals surface area contributed by atoms with Crippen molar-refractivity contribution in [2.75, 3.05) is 6.54 Å². The SMILES string of the molecule is CCN(Cc1ccc(Br)s1)C(=O)c1c(C)n[nH]c1C. The minimum atomic E-state index is 0.0378. The van der Waals surface area contributed by atoms with Gasteiger partial charge in [0.05, 0.1) is 21.6 Å². The number of thiophene rings is 1. The molecular weight excluding hydrogens is 326 g/mol. The van der Waals surface area contributed by atoms with Crippen molar-refractivity contribution in [2.24, 2.45) is 0 Å². The summed E-state index contributed by atoms with van der Waals surface area (Å²) in [6, 6.07) is 4.05. The van der Waals surface area contributed by atoms with Crippen LogP contribution in [-0.4, -0.2) is 27.5 Å². The van der Waals surface area contributed by atoms with E-state index >= 15 is 0 Å². The Labute approximate surface area is 125 Å². The molecule has 0 bridgehead atoms. The van der Waals surface area contributed by atoms with Gasteiger partial charge in [0.2, 0.25) is 0 Å². The molecule has 0 spiro atoms. The van der Waals surface area contributed by atoms with E-state index in [2.05, 4.69) is 26.1 Å². The van der Waals surface area contributed by atoms with E-state index in [1.807, 2.05) is 37.8 Å². The minimum Gasteiger partial charge on any atom is -0.334 e. The molecule has 0 saturated heterocycles. The molecule has 19 heavy (non-hydrogen) atoms. The predicted molar refractivity (Wildman–Crippen MR) is 80.5 cm³/mol. The van der Waals surface area contributed by atoms with Gasteiger partial charge in [-0.25, -0.2) is 0 Å². The van der Waals surface area contributed by atoms with Crippen LogP contribution in [0.5, 0.6) is 0 Å². The van der Waals surface area contributed by atoms with E-state index < -0.39 is 0 Å². The van der Waals surface area contributed by atoms with Gasteiger partial charge < -0.3 is 4.90 Å². The van der Waals surface area contributed by atoms with Crippen molar-refractivity contribution < 1.29 is 4.79 Å². The number of H-pyrrole nitrogens is 1. The summed E-state index contributed by atoms with van der Waals surface area (Å²) >= 11 is 5.10. The third-order valence-corrected chi connectivity index (χ3v) is 4.59. The maximum absolute atomic E-state index is 12.5. The summed E-state index contributed by atoms with van der Waals surface area (Å²) < 4.78 is 1.08. The van der Waals surface area contributed by atoms with E-state index in [1.165, 1.54) is 4.88 Å². The lowest BCUT2D eigenvalue weighted by molar-refractivity contribution is 0.0753. The molecule has 0 aromatic carbocycles. The van der Waals surface area contributed by atoms with Gasteiger partial charge in [-0.3, -0.25) is 9.89 Å². The smallest absolute Gasteiger partial charge is 0.257 e. The standard InChI is InChI=1S/C13H16BrN3OS/c1-4-17(7-10-5-6-11(14)19-10)13(18)12-8(2)15-16-9(12)3/h5-6H,4,7H2,1-3H3,(H,15,16). The van der Waals surface area contributed by atoms with Crippen LogP contribution in [0.25, 0.3) is 0 Å². The highest BCUT2D eigenvalue weighted by Crippen LogP contribution is 2.24. The number of hydrogen-bond donors (Lipinski definition) is 1. The quantitative estimate of drug-likeness (QED) is 0.924. The van der Waals surface area contributed by atoms with Crippen molar-refractivity contribution in [3.8, 4) is 0 Å². The fraction of sp³-hybridized carbons (Fsp3) is 0.385.